The second-order valence-corrected chi connectivity index (χ2v) is 3.66. The Balaban J connectivity index is 2.45. The highest BCUT2D eigenvalue weighted by atomic mass is 32.1. The van der Waals surface area contributed by atoms with Gasteiger partial charge < -0.3 is 4.74 Å². The fraction of sp³-hybridized carbons (Fsp3) is 0.455. The molecule has 0 heterocycles. The summed E-state index contributed by atoms with van der Waals surface area (Å²) >= 11 is 4.09. The van der Waals surface area contributed by atoms with Crippen LogP contribution in [-0.2, 0) is 0 Å². The maximum absolute atomic E-state index is 13.1. The Hall–Kier alpha value is -0.700. The third-order valence-electron chi connectivity index (χ3n) is 1.90. The largest absolute Gasteiger partial charge is 0.491 e. The summed E-state index contributed by atoms with van der Waals surface area (Å²) in [5.74, 6) is 0.908. The van der Waals surface area contributed by atoms with Crippen LogP contribution in [0.2, 0.25) is 0 Å². The van der Waals surface area contributed by atoms with Crippen LogP contribution in [-0.4, -0.2) is 12.4 Å². The fourth-order valence-electron chi connectivity index (χ4n) is 1.12. The minimum atomic E-state index is -0.290. The third-order valence-corrected chi connectivity index (χ3v) is 2.21. The zero-order valence-electron chi connectivity index (χ0n) is 8.29. The van der Waals surface area contributed by atoms with Crippen LogP contribution in [0.15, 0.2) is 18.2 Å². The van der Waals surface area contributed by atoms with Crippen molar-refractivity contribution in [2.45, 2.75) is 19.8 Å². The number of hydrogen-bond donors (Lipinski definition) is 1. The van der Waals surface area contributed by atoms with Gasteiger partial charge in [0.05, 0.1) is 6.61 Å². The van der Waals surface area contributed by atoms with E-state index in [4.69, 9.17) is 4.74 Å². The summed E-state index contributed by atoms with van der Waals surface area (Å²) in [5, 5.41) is 0. The zero-order valence-corrected chi connectivity index (χ0v) is 9.19. The van der Waals surface area contributed by atoms with Gasteiger partial charge in [0.15, 0.2) is 11.6 Å². The van der Waals surface area contributed by atoms with Gasteiger partial charge in [-0.2, -0.15) is 12.6 Å². The molecule has 0 fully saturated rings. The monoisotopic (exact) mass is 214 g/mol. The summed E-state index contributed by atoms with van der Waals surface area (Å²) in [4.78, 5) is 0. The number of benzene rings is 1. The lowest BCUT2D eigenvalue weighted by atomic mass is 10.2. The molecular formula is C11H15FOS. The molecule has 0 aromatic heterocycles. The number of thiol groups is 1. The number of hydrogen-bond acceptors (Lipinski definition) is 2. The van der Waals surface area contributed by atoms with Crippen LogP contribution in [0.25, 0.3) is 0 Å². The average Bonchev–Trinajstić information content (AvgIpc) is 2.18. The fourth-order valence-corrected chi connectivity index (χ4v) is 1.34. The molecule has 0 aliphatic heterocycles. The summed E-state index contributed by atoms with van der Waals surface area (Å²) in [5.41, 5.74) is 1.01. The second-order valence-electron chi connectivity index (χ2n) is 3.21. The first-order chi connectivity index (χ1) is 6.74. The molecule has 1 rings (SSSR count). The molecule has 0 aliphatic carbocycles. The molecule has 1 aromatic rings. The van der Waals surface area contributed by atoms with E-state index in [1.165, 1.54) is 6.07 Å². The van der Waals surface area contributed by atoms with Crippen LogP contribution in [0, 0.1) is 12.7 Å². The Morgan fingerprint density at radius 2 is 2.14 bits per heavy atom. The summed E-state index contributed by atoms with van der Waals surface area (Å²) in [6, 6.07) is 4.88. The second kappa shape index (κ2) is 5.91. The minimum absolute atomic E-state index is 0.290. The van der Waals surface area contributed by atoms with Crippen molar-refractivity contribution in [3.63, 3.8) is 0 Å². The first-order valence-electron chi connectivity index (χ1n) is 4.74. The molecule has 0 spiro atoms. The summed E-state index contributed by atoms with van der Waals surface area (Å²) in [7, 11) is 0. The van der Waals surface area contributed by atoms with Gasteiger partial charge in [-0.25, -0.2) is 4.39 Å². The van der Waals surface area contributed by atoms with Crippen molar-refractivity contribution in [1.82, 2.24) is 0 Å². The standard InChI is InChI=1S/C11H15FOS/c1-9-4-5-10(12)11(8-9)13-6-2-3-7-14/h4-5,8,14H,2-3,6-7H2,1H3. The number of rotatable bonds is 5. The van der Waals surface area contributed by atoms with E-state index in [-0.39, 0.29) is 5.82 Å². The van der Waals surface area contributed by atoms with E-state index in [1.807, 2.05) is 6.92 Å². The van der Waals surface area contributed by atoms with Crippen molar-refractivity contribution in [3.8, 4) is 5.75 Å². The molecule has 0 bridgehead atoms. The van der Waals surface area contributed by atoms with Gasteiger partial charge in [0.25, 0.3) is 0 Å². The number of unbranched alkanes of at least 4 members (excludes halogenated alkanes) is 1. The highest BCUT2D eigenvalue weighted by molar-refractivity contribution is 7.80. The summed E-state index contributed by atoms with van der Waals surface area (Å²) in [6.07, 6.45) is 1.91. The predicted octanol–water partition coefficient (Wildman–Crippen LogP) is 3.22. The molecule has 0 radical (unpaired) electrons. The van der Waals surface area contributed by atoms with Crippen LogP contribution in [0.3, 0.4) is 0 Å². The molecule has 0 N–H and O–H groups in total. The van der Waals surface area contributed by atoms with Gasteiger partial charge in [-0.05, 0) is 43.2 Å². The number of halogens is 1. The highest BCUT2D eigenvalue weighted by Gasteiger charge is 2.02. The number of aryl methyl sites for hydroxylation is 1. The quantitative estimate of drug-likeness (QED) is 0.585. The molecule has 0 amide bonds. The van der Waals surface area contributed by atoms with Gasteiger partial charge in [-0.3, -0.25) is 0 Å². The van der Waals surface area contributed by atoms with Crippen LogP contribution in [0.5, 0.6) is 5.75 Å². The Bertz CT molecular complexity index is 289. The van der Waals surface area contributed by atoms with Gasteiger partial charge >= 0.3 is 0 Å². The molecule has 0 atom stereocenters. The third kappa shape index (κ3) is 3.58. The molecular weight excluding hydrogens is 199 g/mol. The molecule has 14 heavy (non-hydrogen) atoms. The highest BCUT2D eigenvalue weighted by Crippen LogP contribution is 2.18. The van der Waals surface area contributed by atoms with Crippen molar-refractivity contribution >= 4 is 12.6 Å². The lowest BCUT2D eigenvalue weighted by Crippen LogP contribution is -1.99. The van der Waals surface area contributed by atoms with Crippen molar-refractivity contribution < 1.29 is 9.13 Å². The van der Waals surface area contributed by atoms with Crippen LogP contribution < -0.4 is 4.74 Å². The van der Waals surface area contributed by atoms with Crippen molar-refractivity contribution in [2.75, 3.05) is 12.4 Å². The normalized spacial score (nSPS) is 10.2. The van der Waals surface area contributed by atoms with Gasteiger partial charge in [0, 0.05) is 0 Å². The molecule has 3 heteroatoms. The van der Waals surface area contributed by atoms with Crippen molar-refractivity contribution in [2.24, 2.45) is 0 Å². The van der Waals surface area contributed by atoms with Crippen molar-refractivity contribution in [3.05, 3.63) is 29.6 Å². The predicted molar refractivity (Wildman–Crippen MR) is 59.7 cm³/mol. The van der Waals surface area contributed by atoms with Gasteiger partial charge in [0.1, 0.15) is 0 Å². The van der Waals surface area contributed by atoms with E-state index in [1.54, 1.807) is 12.1 Å². The Morgan fingerprint density at radius 3 is 2.86 bits per heavy atom. The van der Waals surface area contributed by atoms with Crippen LogP contribution >= 0.6 is 12.6 Å². The Kier molecular flexibility index (Phi) is 4.80. The average molecular weight is 214 g/mol. The van der Waals surface area contributed by atoms with Gasteiger partial charge in [-0.15, -0.1) is 0 Å². The molecule has 0 unspecified atom stereocenters. The molecule has 0 aliphatic rings. The molecule has 0 saturated heterocycles. The minimum Gasteiger partial charge on any atom is -0.491 e. The van der Waals surface area contributed by atoms with E-state index < -0.39 is 0 Å². The SMILES string of the molecule is Cc1ccc(F)c(OCCCCS)c1. The molecule has 0 saturated carbocycles. The van der Waals surface area contributed by atoms with Crippen LogP contribution in [0.1, 0.15) is 18.4 Å². The smallest absolute Gasteiger partial charge is 0.165 e. The maximum Gasteiger partial charge on any atom is 0.165 e. The van der Waals surface area contributed by atoms with Gasteiger partial charge in [0.2, 0.25) is 0 Å². The maximum atomic E-state index is 13.1. The van der Waals surface area contributed by atoms with Gasteiger partial charge in [-0.1, -0.05) is 6.07 Å². The molecule has 78 valence electrons. The van der Waals surface area contributed by atoms with Crippen molar-refractivity contribution in [1.29, 1.82) is 0 Å². The lowest BCUT2D eigenvalue weighted by molar-refractivity contribution is 0.294. The summed E-state index contributed by atoms with van der Waals surface area (Å²) in [6.45, 7) is 2.47. The van der Waals surface area contributed by atoms with E-state index in [0.717, 1.165) is 24.2 Å². The first-order valence-corrected chi connectivity index (χ1v) is 5.37. The van der Waals surface area contributed by atoms with E-state index in [9.17, 15) is 4.39 Å². The van der Waals surface area contributed by atoms with E-state index in [0.29, 0.717) is 12.4 Å². The van der Waals surface area contributed by atoms with E-state index in [2.05, 4.69) is 12.6 Å². The molecule has 1 nitrogen and oxygen atoms in total. The van der Waals surface area contributed by atoms with E-state index >= 15 is 0 Å². The number of ether oxygens (including phenoxy) is 1. The van der Waals surface area contributed by atoms with Crippen LogP contribution in [0.4, 0.5) is 4.39 Å². The Labute approximate surface area is 89.7 Å². The topological polar surface area (TPSA) is 9.23 Å². The first kappa shape index (κ1) is 11.4. The summed E-state index contributed by atoms with van der Waals surface area (Å²) < 4.78 is 18.4. The zero-order chi connectivity index (χ0) is 10.4. The Morgan fingerprint density at radius 1 is 1.36 bits per heavy atom. The molecule has 1 aromatic carbocycles. The lowest BCUT2D eigenvalue weighted by Gasteiger charge is -2.07.